The van der Waals surface area contributed by atoms with Crippen LogP contribution in [0.1, 0.15) is 0 Å². The summed E-state index contributed by atoms with van der Waals surface area (Å²) in [6.45, 7) is 0. The number of benzene rings is 10. The second-order valence-corrected chi connectivity index (χ2v) is 19.2. The van der Waals surface area contributed by atoms with E-state index in [1.807, 2.05) is 6.07 Å². The first-order chi connectivity index (χ1) is 35.2. The Bertz CT molecular complexity index is 4630. The van der Waals surface area contributed by atoms with E-state index in [2.05, 4.69) is 234 Å². The van der Waals surface area contributed by atoms with Gasteiger partial charge >= 0.3 is 0 Å². The Hall–Kier alpha value is -9.30. The van der Waals surface area contributed by atoms with Gasteiger partial charge in [0.1, 0.15) is 0 Å². The maximum Gasteiger partial charge on any atom is 0.235 e. The van der Waals surface area contributed by atoms with Gasteiger partial charge in [0, 0.05) is 42.9 Å². The number of aromatic nitrogens is 6. The van der Waals surface area contributed by atoms with Gasteiger partial charge in [-0.2, -0.15) is 0 Å². The van der Waals surface area contributed by atoms with Crippen LogP contribution in [0, 0.1) is 0 Å². The second-order valence-electron chi connectivity index (χ2n) is 18.2. The van der Waals surface area contributed by atoms with E-state index in [0.29, 0.717) is 11.9 Å². The first-order valence-electron chi connectivity index (χ1n) is 23.9. The molecule has 0 atom stereocenters. The molecular formula is C64H38N6S. The minimum Gasteiger partial charge on any atom is -0.278 e. The normalized spacial score (nSPS) is 11.9. The lowest BCUT2D eigenvalue weighted by molar-refractivity contribution is 1.01. The average Bonchev–Trinajstić information content (AvgIpc) is 4.13. The second kappa shape index (κ2) is 15.6. The average molecular weight is 923 g/mol. The molecule has 0 aliphatic heterocycles. The zero-order valence-corrected chi connectivity index (χ0v) is 38.8. The number of hydrogen-bond acceptors (Lipinski definition) is 5. The van der Waals surface area contributed by atoms with Crippen LogP contribution >= 0.6 is 11.3 Å². The molecule has 10 aromatic carbocycles. The highest BCUT2D eigenvalue weighted by Crippen LogP contribution is 2.45. The summed E-state index contributed by atoms with van der Waals surface area (Å²) in [6.07, 6.45) is 0. The van der Waals surface area contributed by atoms with Gasteiger partial charge in [0.15, 0.2) is 0 Å². The molecule has 0 aliphatic rings. The molecule has 6 nitrogen and oxygen atoms in total. The summed E-state index contributed by atoms with van der Waals surface area (Å²) in [6, 6.07) is 82.1. The van der Waals surface area contributed by atoms with Crippen molar-refractivity contribution in [1.29, 1.82) is 0 Å². The van der Waals surface area contributed by atoms with E-state index in [0.717, 1.165) is 103 Å². The molecule has 15 rings (SSSR count). The molecule has 0 aliphatic carbocycles. The summed E-state index contributed by atoms with van der Waals surface area (Å²) in [5.74, 6) is 1.27. The van der Waals surface area contributed by atoms with E-state index >= 15 is 0 Å². The Morgan fingerprint density at radius 3 is 1.66 bits per heavy atom. The quantitative estimate of drug-likeness (QED) is 0.167. The minimum absolute atomic E-state index is 0.635. The Morgan fingerprint density at radius 1 is 0.310 bits per heavy atom. The highest BCUT2D eigenvalue weighted by Gasteiger charge is 2.24. The number of para-hydroxylation sites is 1. The Morgan fingerprint density at radius 2 is 0.887 bits per heavy atom. The fourth-order valence-electron chi connectivity index (χ4n) is 10.9. The molecule has 15 aromatic rings. The van der Waals surface area contributed by atoms with Crippen LogP contribution in [0.3, 0.4) is 0 Å². The van der Waals surface area contributed by atoms with E-state index in [4.69, 9.17) is 19.9 Å². The summed E-state index contributed by atoms with van der Waals surface area (Å²) < 4.78 is 5.60. The summed E-state index contributed by atoms with van der Waals surface area (Å²) in [5, 5.41) is 10.3. The smallest absolute Gasteiger partial charge is 0.235 e. The van der Waals surface area contributed by atoms with Gasteiger partial charge < -0.3 is 0 Å². The van der Waals surface area contributed by atoms with Crippen LogP contribution in [0.5, 0.6) is 0 Å². The third-order valence-electron chi connectivity index (χ3n) is 14.1. The number of thiophene rings is 1. The van der Waals surface area contributed by atoms with Crippen molar-refractivity contribution in [3.8, 4) is 56.0 Å². The number of rotatable bonds is 6. The largest absolute Gasteiger partial charge is 0.278 e. The molecule has 0 saturated heterocycles. The summed E-state index contributed by atoms with van der Waals surface area (Å²) in [4.78, 5) is 22.9. The highest BCUT2D eigenvalue weighted by molar-refractivity contribution is 7.22. The Balaban J connectivity index is 1.00. The van der Waals surface area contributed by atoms with E-state index < -0.39 is 0 Å². The van der Waals surface area contributed by atoms with E-state index in [-0.39, 0.29) is 0 Å². The van der Waals surface area contributed by atoms with Crippen molar-refractivity contribution in [2.24, 2.45) is 0 Å². The molecule has 0 radical (unpaired) electrons. The van der Waals surface area contributed by atoms with E-state index in [1.54, 1.807) is 11.3 Å². The van der Waals surface area contributed by atoms with Crippen molar-refractivity contribution in [3.05, 3.63) is 231 Å². The first-order valence-corrected chi connectivity index (χ1v) is 24.7. The summed E-state index contributed by atoms with van der Waals surface area (Å²) in [5.41, 5.74) is 13.3. The van der Waals surface area contributed by atoms with Crippen LogP contribution in [0.2, 0.25) is 0 Å². The van der Waals surface area contributed by atoms with Crippen LogP contribution in [0.15, 0.2) is 231 Å². The van der Waals surface area contributed by atoms with Gasteiger partial charge in [0.05, 0.1) is 49.2 Å². The molecule has 71 heavy (non-hydrogen) atoms. The predicted octanol–water partition coefficient (Wildman–Crippen LogP) is 16.8. The maximum atomic E-state index is 5.53. The lowest BCUT2D eigenvalue weighted by Crippen LogP contribution is -2.03. The minimum atomic E-state index is 0.635. The summed E-state index contributed by atoms with van der Waals surface area (Å²) in [7, 11) is 0. The van der Waals surface area contributed by atoms with Crippen LogP contribution < -0.4 is 0 Å². The van der Waals surface area contributed by atoms with Crippen LogP contribution in [-0.2, 0) is 0 Å². The third kappa shape index (κ3) is 6.20. The highest BCUT2D eigenvalue weighted by atomic mass is 32.1. The van der Waals surface area contributed by atoms with Gasteiger partial charge in [-0.25, -0.2) is 19.9 Å². The van der Waals surface area contributed by atoms with Gasteiger partial charge in [0.25, 0.3) is 0 Å². The van der Waals surface area contributed by atoms with Crippen molar-refractivity contribution in [3.63, 3.8) is 0 Å². The van der Waals surface area contributed by atoms with Crippen LogP contribution in [0.4, 0.5) is 0 Å². The zero-order valence-electron chi connectivity index (χ0n) is 38.0. The van der Waals surface area contributed by atoms with Crippen LogP contribution in [0.25, 0.3) is 142 Å². The third-order valence-corrected chi connectivity index (χ3v) is 15.3. The molecule has 330 valence electrons. The number of fused-ring (bicyclic) bond motifs is 11. The fraction of sp³-hybridized carbons (Fsp3) is 0. The number of nitrogens with zero attached hydrogens (tertiary/aromatic N) is 6. The SMILES string of the molecule is c1ccc(-c2cc3nc(-n4c5cccc(-c6ccc7c(c6)c6cc8ccccc8cc6n7-c6nc(-c7ccccc7)c7ccccc7n6)c5c5c6ccccc6ccc54)nc(-c4ccccc4)c3s2)cc1. The molecule has 0 unspecified atom stereocenters. The molecule has 0 spiro atoms. The first kappa shape index (κ1) is 39.7. The molecular weight excluding hydrogens is 885 g/mol. The van der Waals surface area contributed by atoms with Crippen molar-refractivity contribution in [1.82, 2.24) is 29.1 Å². The van der Waals surface area contributed by atoms with Crippen molar-refractivity contribution in [2.45, 2.75) is 0 Å². The molecule has 0 N–H and O–H groups in total. The van der Waals surface area contributed by atoms with E-state index in [9.17, 15) is 0 Å². The monoisotopic (exact) mass is 922 g/mol. The molecule has 0 fully saturated rings. The Labute approximate surface area is 411 Å². The molecule has 5 aromatic heterocycles. The van der Waals surface area contributed by atoms with Crippen molar-refractivity contribution in [2.75, 3.05) is 0 Å². The van der Waals surface area contributed by atoms with Gasteiger partial charge in [-0.05, 0) is 86.8 Å². The topological polar surface area (TPSA) is 61.4 Å². The zero-order chi connectivity index (χ0) is 46.6. The van der Waals surface area contributed by atoms with Crippen molar-refractivity contribution >= 4 is 97.6 Å². The summed E-state index contributed by atoms with van der Waals surface area (Å²) >= 11 is 1.74. The van der Waals surface area contributed by atoms with Gasteiger partial charge in [-0.15, -0.1) is 11.3 Å². The van der Waals surface area contributed by atoms with Crippen molar-refractivity contribution < 1.29 is 0 Å². The molecule has 0 bridgehead atoms. The predicted molar refractivity (Wildman–Crippen MR) is 296 cm³/mol. The molecule has 7 heteroatoms. The van der Waals surface area contributed by atoms with Gasteiger partial charge in [0.2, 0.25) is 11.9 Å². The maximum absolute atomic E-state index is 5.53. The Kier molecular flexibility index (Phi) is 8.73. The lowest BCUT2D eigenvalue weighted by atomic mass is 9.95. The number of hydrogen-bond donors (Lipinski definition) is 0. The van der Waals surface area contributed by atoms with Gasteiger partial charge in [-0.1, -0.05) is 182 Å². The standard InChI is InChI=1S/C64H38N6S/c1-4-18-40(19-5-1)57-38-52-62(71-57)61(42-22-8-3-9-23-42)68-64(66-52)70-54-30-16-28-47(59(54)58-46-26-13-12-17-39(46)31-34-55(58)70)45-32-33-53-49(36-45)50-35-43-24-10-11-25-44(43)37-56(50)69(53)63-65-51-29-15-14-27-48(51)60(67-63)41-20-6-2-7-21-41/h1-38H. The molecule has 0 amide bonds. The molecule has 0 saturated carbocycles. The lowest BCUT2D eigenvalue weighted by Gasteiger charge is -2.12. The fourth-order valence-corrected chi connectivity index (χ4v) is 12.0. The van der Waals surface area contributed by atoms with E-state index in [1.165, 1.54) is 27.1 Å². The molecule has 5 heterocycles. The van der Waals surface area contributed by atoms with Crippen LogP contribution in [-0.4, -0.2) is 29.1 Å². The van der Waals surface area contributed by atoms with Gasteiger partial charge in [-0.3, -0.25) is 9.13 Å².